The van der Waals surface area contributed by atoms with Crippen molar-refractivity contribution in [3.05, 3.63) is 70.1 Å². The molecule has 2 aromatic heterocycles. The van der Waals surface area contributed by atoms with Crippen LogP contribution in [0.25, 0.3) is 0 Å². The van der Waals surface area contributed by atoms with Crippen molar-refractivity contribution in [2.75, 3.05) is 23.8 Å². The van der Waals surface area contributed by atoms with Crippen LogP contribution in [0.2, 0.25) is 5.02 Å². The van der Waals surface area contributed by atoms with Crippen LogP contribution in [-0.2, 0) is 17.8 Å². The number of benzene rings is 1. The highest BCUT2D eigenvalue weighted by Crippen LogP contribution is 2.36. The van der Waals surface area contributed by atoms with Gasteiger partial charge in [-0.05, 0) is 30.3 Å². The molecule has 12 heteroatoms. The van der Waals surface area contributed by atoms with E-state index in [2.05, 4.69) is 25.9 Å². The third-order valence-electron chi connectivity index (χ3n) is 5.79. The molecule has 0 saturated heterocycles. The Morgan fingerprint density at radius 2 is 2.12 bits per heavy atom. The Hall–Kier alpha value is -3.99. The summed E-state index contributed by atoms with van der Waals surface area (Å²) in [4.78, 5) is 48.4. The van der Waals surface area contributed by atoms with Gasteiger partial charge in [-0.25, -0.2) is 14.2 Å². The monoisotopic (exact) mass is 483 g/mol. The lowest BCUT2D eigenvalue weighted by atomic mass is 10.0. The first kappa shape index (κ1) is 21.8. The Morgan fingerprint density at radius 3 is 2.91 bits per heavy atom. The molecule has 0 unspecified atom stereocenters. The van der Waals surface area contributed by atoms with Gasteiger partial charge < -0.3 is 15.2 Å². The summed E-state index contributed by atoms with van der Waals surface area (Å²) in [6.45, 7) is 0.216. The highest BCUT2D eigenvalue weighted by Gasteiger charge is 2.36. The van der Waals surface area contributed by atoms with Crippen LogP contribution < -0.4 is 20.9 Å². The fourth-order valence-corrected chi connectivity index (χ4v) is 4.49. The molecule has 3 N–H and O–H groups in total. The maximum atomic E-state index is 14.1. The van der Waals surface area contributed by atoms with Crippen LogP contribution in [0, 0.1) is 5.82 Å². The quantitative estimate of drug-likeness (QED) is 0.527. The second kappa shape index (κ2) is 8.41. The van der Waals surface area contributed by atoms with Crippen molar-refractivity contribution < 1.29 is 18.8 Å². The van der Waals surface area contributed by atoms with Crippen molar-refractivity contribution in [3.8, 4) is 0 Å². The van der Waals surface area contributed by atoms with Crippen molar-refractivity contribution in [1.82, 2.24) is 25.2 Å². The van der Waals surface area contributed by atoms with Gasteiger partial charge in [0.05, 0.1) is 23.1 Å². The van der Waals surface area contributed by atoms with Crippen molar-refractivity contribution in [1.29, 1.82) is 0 Å². The molecule has 1 atom stereocenters. The molecular weight excluding hydrogens is 465 g/mol. The molecule has 34 heavy (non-hydrogen) atoms. The van der Waals surface area contributed by atoms with Gasteiger partial charge in [-0.3, -0.25) is 24.8 Å². The Morgan fingerprint density at radius 1 is 1.29 bits per heavy atom. The van der Waals surface area contributed by atoms with Crippen LogP contribution >= 0.6 is 11.6 Å². The van der Waals surface area contributed by atoms with Crippen LogP contribution in [-0.4, -0.2) is 46.0 Å². The van der Waals surface area contributed by atoms with Gasteiger partial charge in [0.15, 0.2) is 5.82 Å². The Labute approximate surface area is 198 Å². The highest BCUT2D eigenvalue weighted by molar-refractivity contribution is 6.31. The van der Waals surface area contributed by atoms with E-state index >= 15 is 0 Å². The van der Waals surface area contributed by atoms with Crippen LogP contribution in [0.3, 0.4) is 0 Å². The number of nitrogens with zero attached hydrogens (tertiary/aromatic N) is 4. The van der Waals surface area contributed by atoms with Crippen molar-refractivity contribution in [3.63, 3.8) is 0 Å². The molecule has 0 bridgehead atoms. The van der Waals surface area contributed by atoms with Gasteiger partial charge in [-0.2, -0.15) is 0 Å². The number of fused-ring (bicyclic) bond motifs is 2. The minimum Gasteiger partial charge on any atom is -0.352 e. The topological polar surface area (TPSA) is 121 Å². The van der Waals surface area contributed by atoms with Gasteiger partial charge in [0.1, 0.15) is 12.4 Å². The molecule has 0 fully saturated rings. The number of anilines is 2. The van der Waals surface area contributed by atoms with E-state index in [0.717, 1.165) is 5.69 Å². The minimum absolute atomic E-state index is 0.0614. The van der Waals surface area contributed by atoms with E-state index in [1.54, 1.807) is 18.3 Å². The molecule has 3 aromatic rings. The third-order valence-corrected chi connectivity index (χ3v) is 6.13. The van der Waals surface area contributed by atoms with E-state index in [-0.39, 0.29) is 28.8 Å². The second-order valence-corrected chi connectivity index (χ2v) is 8.21. The third kappa shape index (κ3) is 3.63. The van der Waals surface area contributed by atoms with Crippen molar-refractivity contribution in [2.24, 2.45) is 0 Å². The lowest BCUT2D eigenvalue weighted by Gasteiger charge is -2.28. The molecule has 174 valence electrons. The summed E-state index contributed by atoms with van der Waals surface area (Å²) in [5.74, 6) is -1.52. The summed E-state index contributed by atoms with van der Waals surface area (Å²) in [6.07, 6.45) is 2.27. The van der Waals surface area contributed by atoms with Crippen LogP contribution in [0.15, 0.2) is 36.5 Å². The standard InChI is InChI=1S/C22H19ClFN7O3/c1-25-21(33)20-28-19(29-22(34)30-8-6-14-15(30)3-2-7-26-14)18-17(27-16(32)10-31(18)20)12-9-11(24)4-5-13(12)23/h2-5,7,9,17H,6,8,10H2,1H3,(H,25,33)(H,27,32)(H,29,34)/t17-/m0/s1. The molecule has 10 nitrogen and oxygen atoms in total. The normalized spacial score (nSPS) is 16.5. The smallest absolute Gasteiger partial charge is 0.327 e. The molecule has 4 heterocycles. The maximum Gasteiger partial charge on any atom is 0.327 e. The maximum absolute atomic E-state index is 14.1. The fraction of sp³-hybridized carbons (Fsp3) is 0.227. The largest absolute Gasteiger partial charge is 0.352 e. The van der Waals surface area contributed by atoms with E-state index in [1.165, 1.54) is 34.7 Å². The molecule has 0 aliphatic carbocycles. The summed E-state index contributed by atoms with van der Waals surface area (Å²) in [5, 5.41) is 8.22. The highest BCUT2D eigenvalue weighted by atomic mass is 35.5. The zero-order chi connectivity index (χ0) is 24.0. The SMILES string of the molecule is CNC(=O)c1nc(NC(=O)N2CCc3ncccc32)c2n1CC(=O)N[C@H]2c1cc(F)ccc1Cl. The number of nitrogens with one attached hydrogen (secondary N) is 3. The van der Waals surface area contributed by atoms with Gasteiger partial charge in [-0.15, -0.1) is 0 Å². The van der Waals surface area contributed by atoms with E-state index < -0.39 is 29.7 Å². The number of amides is 4. The number of hydrogen-bond donors (Lipinski definition) is 3. The van der Waals surface area contributed by atoms with Crippen molar-refractivity contribution in [2.45, 2.75) is 19.0 Å². The fourth-order valence-electron chi connectivity index (χ4n) is 4.26. The Bertz CT molecular complexity index is 1340. The summed E-state index contributed by atoms with van der Waals surface area (Å²) < 4.78 is 15.5. The second-order valence-electron chi connectivity index (χ2n) is 7.80. The van der Waals surface area contributed by atoms with Gasteiger partial charge in [0.25, 0.3) is 5.91 Å². The van der Waals surface area contributed by atoms with E-state index in [4.69, 9.17) is 11.6 Å². The van der Waals surface area contributed by atoms with Crippen LogP contribution in [0.5, 0.6) is 0 Å². The van der Waals surface area contributed by atoms with E-state index in [0.29, 0.717) is 24.3 Å². The van der Waals surface area contributed by atoms with Gasteiger partial charge in [-0.1, -0.05) is 11.6 Å². The zero-order valence-electron chi connectivity index (χ0n) is 17.9. The molecule has 1 aromatic carbocycles. The number of urea groups is 1. The van der Waals surface area contributed by atoms with Crippen LogP contribution in [0.4, 0.5) is 20.7 Å². The lowest BCUT2D eigenvalue weighted by Crippen LogP contribution is -2.41. The molecule has 5 rings (SSSR count). The molecule has 0 saturated carbocycles. The molecule has 2 aliphatic heterocycles. The van der Waals surface area contributed by atoms with Gasteiger partial charge in [0.2, 0.25) is 11.7 Å². The molecule has 4 amide bonds. The number of aromatic nitrogens is 3. The number of hydrogen-bond acceptors (Lipinski definition) is 5. The number of carbonyl (C=O) groups is 3. The Balaban J connectivity index is 1.60. The summed E-state index contributed by atoms with van der Waals surface area (Å²) >= 11 is 6.33. The first-order chi connectivity index (χ1) is 16.4. The van der Waals surface area contributed by atoms with E-state index in [9.17, 15) is 18.8 Å². The minimum atomic E-state index is -0.946. The number of rotatable bonds is 3. The first-order valence-corrected chi connectivity index (χ1v) is 10.8. The Kier molecular flexibility index (Phi) is 5.40. The molecule has 0 radical (unpaired) electrons. The van der Waals surface area contributed by atoms with E-state index in [1.807, 2.05) is 0 Å². The molecule has 2 aliphatic rings. The lowest BCUT2D eigenvalue weighted by molar-refractivity contribution is -0.123. The predicted molar refractivity (Wildman–Crippen MR) is 121 cm³/mol. The molecular formula is C22H19ClFN7O3. The van der Waals surface area contributed by atoms with Crippen LogP contribution in [0.1, 0.15) is 33.6 Å². The number of carbonyl (C=O) groups excluding carboxylic acids is 3. The summed E-state index contributed by atoms with van der Waals surface area (Å²) in [5.41, 5.74) is 2.06. The van der Waals surface area contributed by atoms with Crippen molar-refractivity contribution >= 4 is 41.0 Å². The van der Waals surface area contributed by atoms with Gasteiger partial charge >= 0.3 is 6.03 Å². The predicted octanol–water partition coefficient (Wildman–Crippen LogP) is 2.24. The summed E-state index contributed by atoms with van der Waals surface area (Å²) in [6, 6.07) is 5.89. The number of pyridine rings is 1. The average Bonchev–Trinajstić information content (AvgIpc) is 3.41. The average molecular weight is 484 g/mol. The zero-order valence-corrected chi connectivity index (χ0v) is 18.7. The molecule has 0 spiro atoms. The van der Waals surface area contributed by atoms with Gasteiger partial charge in [0, 0.05) is 36.8 Å². The number of imidazole rings is 1. The summed E-state index contributed by atoms with van der Waals surface area (Å²) in [7, 11) is 1.43. The number of halogens is 2. The first-order valence-electron chi connectivity index (χ1n) is 10.5.